The average molecular weight is 444 g/mol. The van der Waals surface area contributed by atoms with Crippen molar-refractivity contribution in [2.45, 2.75) is 57.3 Å². The van der Waals surface area contributed by atoms with E-state index in [0.717, 1.165) is 57.3 Å². The molecule has 1 N–H and O–H groups in total. The number of ether oxygens (including phenoxy) is 1. The van der Waals surface area contributed by atoms with Crippen molar-refractivity contribution in [1.29, 1.82) is 0 Å². The molecule has 1 aliphatic heterocycles. The van der Waals surface area contributed by atoms with Crippen molar-refractivity contribution in [1.82, 2.24) is 4.90 Å². The number of hydrogen-bond donors (Lipinski definition) is 1. The number of aryl methyl sites for hydroxylation is 1. The maximum atomic E-state index is 10.5. The molecule has 4 rings (SSSR count). The van der Waals surface area contributed by atoms with Crippen LogP contribution in [0.1, 0.15) is 67.1 Å². The fraction of sp³-hybridized carbons (Fsp3) is 0.400. The first-order valence-electron chi connectivity index (χ1n) is 12.5. The molecule has 0 bridgehead atoms. The van der Waals surface area contributed by atoms with Gasteiger partial charge in [0.15, 0.2) is 0 Å². The van der Waals surface area contributed by atoms with E-state index >= 15 is 0 Å². The predicted octanol–water partition coefficient (Wildman–Crippen LogP) is 6.33. The molecule has 1 saturated heterocycles. The Labute approximate surface area is 199 Å². The zero-order valence-electron chi connectivity index (χ0n) is 19.8. The Bertz CT molecular complexity index is 895. The number of likely N-dealkylation sites (tertiary alicyclic amines) is 1. The molecule has 0 spiro atoms. The van der Waals surface area contributed by atoms with E-state index in [1.165, 1.54) is 16.7 Å². The maximum Gasteiger partial charge on any atom is 0.108 e. The van der Waals surface area contributed by atoms with Gasteiger partial charge in [0.05, 0.1) is 12.2 Å². The average Bonchev–Trinajstić information content (AvgIpc) is 2.89. The predicted molar refractivity (Wildman–Crippen MR) is 135 cm³/mol. The van der Waals surface area contributed by atoms with Gasteiger partial charge in [0.25, 0.3) is 0 Å². The van der Waals surface area contributed by atoms with E-state index in [9.17, 15) is 5.11 Å². The summed E-state index contributed by atoms with van der Waals surface area (Å²) in [6, 6.07) is 29.5. The highest BCUT2D eigenvalue weighted by molar-refractivity contribution is 5.30. The summed E-state index contributed by atoms with van der Waals surface area (Å²) in [6.07, 6.45) is 4.86. The standard InChI is InChI=1S/C30H37NO2/c1-2-24-15-17-25(18-16-24)29(32)14-9-21-31-22-19-28(20-23-31)33-30(26-10-5-3-6-11-26)27-12-7-4-8-13-27/h3-8,10-13,15-18,28-30,32H,2,9,14,19-23H2,1H3. The summed E-state index contributed by atoms with van der Waals surface area (Å²) in [5, 5.41) is 10.5. The van der Waals surface area contributed by atoms with Crippen LogP contribution in [0.3, 0.4) is 0 Å². The van der Waals surface area contributed by atoms with Crippen molar-refractivity contribution in [3.05, 3.63) is 107 Å². The molecule has 33 heavy (non-hydrogen) atoms. The quantitative estimate of drug-likeness (QED) is 0.397. The van der Waals surface area contributed by atoms with E-state index in [2.05, 4.69) is 96.8 Å². The summed E-state index contributed by atoms with van der Waals surface area (Å²) in [7, 11) is 0. The van der Waals surface area contributed by atoms with E-state index in [1.54, 1.807) is 0 Å². The van der Waals surface area contributed by atoms with Crippen molar-refractivity contribution in [3.63, 3.8) is 0 Å². The van der Waals surface area contributed by atoms with Crippen molar-refractivity contribution in [2.75, 3.05) is 19.6 Å². The van der Waals surface area contributed by atoms with Gasteiger partial charge >= 0.3 is 0 Å². The highest BCUT2D eigenvalue weighted by atomic mass is 16.5. The number of aliphatic hydroxyl groups is 1. The Morgan fingerprint density at radius 1 is 0.818 bits per heavy atom. The zero-order chi connectivity index (χ0) is 22.9. The van der Waals surface area contributed by atoms with Gasteiger partial charge in [-0.05, 0) is 60.9 Å². The van der Waals surface area contributed by atoms with E-state index < -0.39 is 0 Å². The molecule has 3 heteroatoms. The largest absolute Gasteiger partial charge is 0.388 e. The van der Waals surface area contributed by atoms with Crippen LogP contribution in [0.15, 0.2) is 84.9 Å². The fourth-order valence-corrected chi connectivity index (χ4v) is 4.72. The van der Waals surface area contributed by atoms with Crippen LogP contribution in [0.2, 0.25) is 0 Å². The molecule has 1 aliphatic rings. The summed E-state index contributed by atoms with van der Waals surface area (Å²) < 4.78 is 6.66. The lowest BCUT2D eigenvalue weighted by Crippen LogP contribution is -2.38. The lowest BCUT2D eigenvalue weighted by Gasteiger charge is -2.34. The molecule has 174 valence electrons. The van der Waals surface area contributed by atoms with E-state index in [0.29, 0.717) is 0 Å². The molecule has 1 atom stereocenters. The van der Waals surface area contributed by atoms with Gasteiger partial charge in [-0.25, -0.2) is 0 Å². The zero-order valence-corrected chi connectivity index (χ0v) is 19.8. The Morgan fingerprint density at radius 3 is 1.94 bits per heavy atom. The first-order valence-corrected chi connectivity index (χ1v) is 12.5. The SMILES string of the molecule is CCc1ccc(C(O)CCCN2CCC(OC(c3ccccc3)c3ccccc3)CC2)cc1. The van der Waals surface area contributed by atoms with Gasteiger partial charge in [0, 0.05) is 13.1 Å². The maximum absolute atomic E-state index is 10.5. The summed E-state index contributed by atoms with van der Waals surface area (Å²) >= 11 is 0. The molecule has 1 fully saturated rings. The third-order valence-corrected chi connectivity index (χ3v) is 6.79. The van der Waals surface area contributed by atoms with Gasteiger partial charge in [-0.15, -0.1) is 0 Å². The summed E-state index contributed by atoms with van der Waals surface area (Å²) in [6.45, 7) is 5.31. The van der Waals surface area contributed by atoms with Gasteiger partial charge in [-0.3, -0.25) is 0 Å². The Kier molecular flexibility index (Phi) is 8.71. The first-order chi connectivity index (χ1) is 16.2. The third kappa shape index (κ3) is 6.77. The molecule has 0 aliphatic carbocycles. The number of piperidine rings is 1. The second kappa shape index (κ2) is 12.1. The van der Waals surface area contributed by atoms with Gasteiger partial charge in [0.1, 0.15) is 6.10 Å². The summed E-state index contributed by atoms with van der Waals surface area (Å²) in [5.41, 5.74) is 4.78. The Morgan fingerprint density at radius 2 is 1.39 bits per heavy atom. The number of hydrogen-bond acceptors (Lipinski definition) is 3. The van der Waals surface area contributed by atoms with Gasteiger partial charge in [-0.2, -0.15) is 0 Å². The molecule has 3 nitrogen and oxygen atoms in total. The lowest BCUT2D eigenvalue weighted by molar-refractivity contribution is -0.0274. The van der Waals surface area contributed by atoms with Crippen LogP contribution in [-0.2, 0) is 11.2 Å². The minimum Gasteiger partial charge on any atom is -0.388 e. The lowest BCUT2D eigenvalue weighted by atomic mass is 9.99. The van der Waals surface area contributed by atoms with Crippen LogP contribution in [0.4, 0.5) is 0 Å². The van der Waals surface area contributed by atoms with Gasteiger partial charge in [-0.1, -0.05) is 91.9 Å². The van der Waals surface area contributed by atoms with Crippen molar-refractivity contribution in [2.24, 2.45) is 0 Å². The van der Waals surface area contributed by atoms with Crippen LogP contribution >= 0.6 is 0 Å². The molecule has 0 saturated carbocycles. The topological polar surface area (TPSA) is 32.7 Å². The number of benzene rings is 3. The number of rotatable bonds is 10. The van der Waals surface area contributed by atoms with E-state index in [1.807, 2.05) is 0 Å². The summed E-state index contributed by atoms with van der Waals surface area (Å²) in [4.78, 5) is 2.52. The molecule has 0 radical (unpaired) electrons. The molecule has 3 aromatic rings. The normalized spacial score (nSPS) is 16.2. The second-order valence-electron chi connectivity index (χ2n) is 9.13. The molecule has 1 heterocycles. The van der Waals surface area contributed by atoms with Crippen LogP contribution in [0.5, 0.6) is 0 Å². The second-order valence-corrected chi connectivity index (χ2v) is 9.13. The first kappa shape index (κ1) is 23.7. The molecule has 0 aromatic heterocycles. The van der Waals surface area contributed by atoms with Crippen molar-refractivity contribution < 1.29 is 9.84 Å². The van der Waals surface area contributed by atoms with Crippen LogP contribution in [-0.4, -0.2) is 35.7 Å². The highest BCUT2D eigenvalue weighted by Gasteiger charge is 2.24. The third-order valence-electron chi connectivity index (χ3n) is 6.79. The minimum absolute atomic E-state index is 0.0156. The molecule has 1 unspecified atom stereocenters. The van der Waals surface area contributed by atoms with E-state index in [4.69, 9.17) is 4.74 Å². The van der Waals surface area contributed by atoms with Crippen molar-refractivity contribution in [3.8, 4) is 0 Å². The molecular formula is C30H37NO2. The van der Waals surface area contributed by atoms with Gasteiger partial charge in [0.2, 0.25) is 0 Å². The van der Waals surface area contributed by atoms with Gasteiger partial charge < -0.3 is 14.7 Å². The Balaban J connectivity index is 1.24. The van der Waals surface area contributed by atoms with Crippen LogP contribution < -0.4 is 0 Å². The fourth-order valence-electron chi connectivity index (χ4n) is 4.72. The molecular weight excluding hydrogens is 406 g/mol. The molecule has 3 aromatic carbocycles. The van der Waals surface area contributed by atoms with Crippen LogP contribution in [0, 0.1) is 0 Å². The monoisotopic (exact) mass is 443 g/mol. The van der Waals surface area contributed by atoms with Crippen molar-refractivity contribution >= 4 is 0 Å². The van der Waals surface area contributed by atoms with Crippen LogP contribution in [0.25, 0.3) is 0 Å². The minimum atomic E-state index is -0.366. The van der Waals surface area contributed by atoms with E-state index in [-0.39, 0.29) is 18.3 Å². The highest BCUT2D eigenvalue weighted by Crippen LogP contribution is 2.30. The summed E-state index contributed by atoms with van der Waals surface area (Å²) in [5.74, 6) is 0. The number of nitrogens with zero attached hydrogens (tertiary/aromatic N) is 1. The smallest absolute Gasteiger partial charge is 0.108 e. The Hall–Kier alpha value is -2.46. The molecule has 0 amide bonds. The number of aliphatic hydroxyl groups excluding tert-OH is 1.